The van der Waals surface area contributed by atoms with Crippen LogP contribution in [-0.2, 0) is 9.53 Å². The summed E-state index contributed by atoms with van der Waals surface area (Å²) in [6.07, 6.45) is 2.83. The van der Waals surface area contributed by atoms with Crippen molar-refractivity contribution in [2.75, 3.05) is 37.7 Å². The molecule has 0 saturated carbocycles. The maximum Gasteiger partial charge on any atom is 0.251 e. The number of nitrogens with one attached hydrogen (secondary N) is 1. The third kappa shape index (κ3) is 5.36. The molecule has 1 saturated heterocycles. The van der Waals surface area contributed by atoms with Crippen LogP contribution in [0.4, 0.5) is 5.69 Å². The van der Waals surface area contributed by atoms with Crippen molar-refractivity contribution in [1.82, 2.24) is 10.2 Å². The molecule has 168 valence electrons. The van der Waals surface area contributed by atoms with Crippen molar-refractivity contribution in [3.8, 4) is 0 Å². The lowest BCUT2D eigenvalue weighted by Crippen LogP contribution is -2.51. The predicted molar refractivity (Wildman–Crippen MR) is 122 cm³/mol. The van der Waals surface area contributed by atoms with E-state index in [0.29, 0.717) is 18.7 Å². The van der Waals surface area contributed by atoms with E-state index in [1.54, 1.807) is 30.3 Å². The zero-order chi connectivity index (χ0) is 22.3. The van der Waals surface area contributed by atoms with E-state index in [2.05, 4.69) is 22.3 Å². The Balaban J connectivity index is 1.29. The SMILES string of the molecule is O=C(N[C@H]1C=C[C@@H](CC(=O)N2CCN(c3ccccc3)CC2)O[C@H]1CO)c1ccccc1. The average Bonchev–Trinajstić information content (AvgIpc) is 2.86. The zero-order valence-corrected chi connectivity index (χ0v) is 18.0. The fraction of sp³-hybridized carbons (Fsp3) is 0.360. The van der Waals surface area contributed by atoms with Gasteiger partial charge in [0.1, 0.15) is 6.10 Å². The molecule has 2 amide bonds. The molecule has 2 heterocycles. The summed E-state index contributed by atoms with van der Waals surface area (Å²) < 4.78 is 5.93. The number of hydrogen-bond acceptors (Lipinski definition) is 5. The monoisotopic (exact) mass is 435 g/mol. The minimum atomic E-state index is -0.597. The van der Waals surface area contributed by atoms with Crippen molar-refractivity contribution in [2.45, 2.75) is 24.7 Å². The standard InChI is InChI=1S/C25H29N3O4/c29-18-23-22(26-25(31)19-7-3-1-4-8-19)12-11-21(32-23)17-24(30)28-15-13-27(14-16-28)20-9-5-2-6-10-20/h1-12,21-23,29H,13-18H2,(H,26,31)/t21-,22-,23-/m0/s1. The molecule has 2 N–H and O–H groups in total. The third-order valence-electron chi connectivity index (χ3n) is 5.93. The number of nitrogens with zero attached hydrogens (tertiary/aromatic N) is 2. The molecule has 2 aliphatic heterocycles. The van der Waals surface area contributed by atoms with Gasteiger partial charge in [0.2, 0.25) is 5.91 Å². The summed E-state index contributed by atoms with van der Waals surface area (Å²) in [5, 5.41) is 12.7. The maximum absolute atomic E-state index is 12.8. The zero-order valence-electron chi connectivity index (χ0n) is 18.0. The first-order valence-electron chi connectivity index (χ1n) is 11.0. The number of anilines is 1. The van der Waals surface area contributed by atoms with Crippen molar-refractivity contribution >= 4 is 17.5 Å². The normalized spacial score (nSPS) is 23.1. The van der Waals surface area contributed by atoms with E-state index >= 15 is 0 Å². The van der Waals surface area contributed by atoms with E-state index in [-0.39, 0.29) is 24.8 Å². The summed E-state index contributed by atoms with van der Waals surface area (Å²) in [5.41, 5.74) is 1.72. The Morgan fingerprint density at radius 2 is 1.59 bits per heavy atom. The van der Waals surface area contributed by atoms with E-state index in [1.807, 2.05) is 35.2 Å². The van der Waals surface area contributed by atoms with Gasteiger partial charge in [-0.05, 0) is 24.3 Å². The fourth-order valence-electron chi connectivity index (χ4n) is 4.11. The highest BCUT2D eigenvalue weighted by atomic mass is 16.5. The Hall–Kier alpha value is -3.16. The number of carbonyl (C=O) groups is 2. The summed E-state index contributed by atoms with van der Waals surface area (Å²) in [4.78, 5) is 29.4. The Morgan fingerprint density at radius 1 is 0.938 bits per heavy atom. The molecule has 7 nitrogen and oxygen atoms in total. The minimum absolute atomic E-state index is 0.0378. The summed E-state index contributed by atoms with van der Waals surface area (Å²) in [5.74, 6) is -0.191. The van der Waals surface area contributed by atoms with Crippen molar-refractivity contribution in [3.05, 3.63) is 78.4 Å². The van der Waals surface area contributed by atoms with Crippen LogP contribution < -0.4 is 10.2 Å². The van der Waals surface area contributed by atoms with Crippen LogP contribution in [-0.4, -0.2) is 72.9 Å². The highest BCUT2D eigenvalue weighted by Crippen LogP contribution is 2.19. The molecule has 32 heavy (non-hydrogen) atoms. The topological polar surface area (TPSA) is 82.1 Å². The molecule has 2 aromatic rings. The van der Waals surface area contributed by atoms with Gasteiger partial charge >= 0.3 is 0 Å². The lowest BCUT2D eigenvalue weighted by molar-refractivity contribution is -0.135. The molecule has 2 aliphatic rings. The lowest BCUT2D eigenvalue weighted by Gasteiger charge is -2.37. The minimum Gasteiger partial charge on any atom is -0.394 e. The van der Waals surface area contributed by atoms with Crippen molar-refractivity contribution < 1.29 is 19.4 Å². The van der Waals surface area contributed by atoms with Crippen molar-refractivity contribution in [3.63, 3.8) is 0 Å². The third-order valence-corrected chi connectivity index (χ3v) is 5.93. The molecule has 0 unspecified atom stereocenters. The first-order valence-corrected chi connectivity index (χ1v) is 11.0. The number of amides is 2. The number of para-hydroxylation sites is 1. The van der Waals surface area contributed by atoms with E-state index in [4.69, 9.17) is 4.74 Å². The van der Waals surface area contributed by atoms with Crippen LogP contribution >= 0.6 is 0 Å². The van der Waals surface area contributed by atoms with Crippen LogP contribution in [0.3, 0.4) is 0 Å². The van der Waals surface area contributed by atoms with Crippen LogP contribution in [0.2, 0.25) is 0 Å². The van der Waals surface area contributed by atoms with Gasteiger partial charge in [0.15, 0.2) is 0 Å². The van der Waals surface area contributed by atoms with Crippen LogP contribution in [0.1, 0.15) is 16.8 Å². The quantitative estimate of drug-likeness (QED) is 0.677. The molecule has 2 aromatic carbocycles. The number of aliphatic hydroxyl groups excluding tert-OH is 1. The van der Waals surface area contributed by atoms with E-state index in [1.165, 1.54) is 5.69 Å². The first kappa shape index (κ1) is 22.0. The summed E-state index contributed by atoms with van der Waals surface area (Å²) >= 11 is 0. The van der Waals surface area contributed by atoms with Crippen molar-refractivity contribution in [1.29, 1.82) is 0 Å². The van der Waals surface area contributed by atoms with Crippen LogP contribution in [0.15, 0.2) is 72.8 Å². The summed E-state index contributed by atoms with van der Waals surface area (Å²) in [7, 11) is 0. The number of rotatable bonds is 6. The van der Waals surface area contributed by atoms with Gasteiger partial charge in [0.25, 0.3) is 5.91 Å². The largest absolute Gasteiger partial charge is 0.394 e. The second-order valence-electron chi connectivity index (χ2n) is 8.05. The molecule has 3 atom stereocenters. The molecule has 0 aromatic heterocycles. The summed E-state index contributed by atoms with van der Waals surface area (Å²) in [6, 6.07) is 18.7. The lowest BCUT2D eigenvalue weighted by atomic mass is 10.0. The van der Waals surface area contributed by atoms with Gasteiger partial charge in [-0.3, -0.25) is 9.59 Å². The van der Waals surface area contributed by atoms with E-state index in [0.717, 1.165) is 13.1 Å². The van der Waals surface area contributed by atoms with Gasteiger partial charge in [-0.2, -0.15) is 0 Å². The van der Waals surface area contributed by atoms with Crippen LogP contribution in [0.25, 0.3) is 0 Å². The second kappa shape index (κ2) is 10.4. The van der Waals surface area contributed by atoms with Gasteiger partial charge in [-0.15, -0.1) is 0 Å². The Bertz CT molecular complexity index is 927. The second-order valence-corrected chi connectivity index (χ2v) is 8.05. The maximum atomic E-state index is 12.8. The van der Waals surface area contributed by atoms with Gasteiger partial charge in [-0.25, -0.2) is 0 Å². The molecule has 4 rings (SSSR count). The Labute approximate surface area is 188 Å². The van der Waals surface area contributed by atoms with Crippen molar-refractivity contribution in [2.24, 2.45) is 0 Å². The average molecular weight is 436 g/mol. The number of benzene rings is 2. The number of carbonyl (C=O) groups excluding carboxylic acids is 2. The Morgan fingerprint density at radius 3 is 2.25 bits per heavy atom. The fourth-order valence-corrected chi connectivity index (χ4v) is 4.11. The molecule has 7 heteroatoms. The molecule has 0 spiro atoms. The first-order chi connectivity index (χ1) is 15.6. The molecule has 0 radical (unpaired) electrons. The predicted octanol–water partition coefficient (Wildman–Crippen LogP) is 1.84. The Kier molecular flexibility index (Phi) is 7.19. The van der Waals surface area contributed by atoms with Crippen LogP contribution in [0, 0.1) is 0 Å². The van der Waals surface area contributed by atoms with E-state index in [9.17, 15) is 14.7 Å². The highest BCUT2D eigenvalue weighted by Gasteiger charge is 2.31. The van der Waals surface area contributed by atoms with Gasteiger partial charge in [0.05, 0.1) is 25.2 Å². The molecule has 0 bridgehead atoms. The number of piperazine rings is 1. The number of ether oxygens (including phenoxy) is 1. The van der Waals surface area contributed by atoms with Crippen LogP contribution in [0.5, 0.6) is 0 Å². The highest BCUT2D eigenvalue weighted by molar-refractivity contribution is 5.94. The number of aliphatic hydroxyl groups is 1. The van der Waals surface area contributed by atoms with E-state index < -0.39 is 18.2 Å². The molecular formula is C25H29N3O4. The number of hydrogen-bond donors (Lipinski definition) is 2. The van der Waals surface area contributed by atoms with Gasteiger partial charge in [0, 0.05) is 37.4 Å². The summed E-state index contributed by atoms with van der Waals surface area (Å²) in [6.45, 7) is 2.69. The molecular weight excluding hydrogens is 406 g/mol. The smallest absolute Gasteiger partial charge is 0.251 e. The molecule has 1 fully saturated rings. The van der Waals surface area contributed by atoms with Gasteiger partial charge < -0.3 is 25.0 Å². The van der Waals surface area contributed by atoms with Gasteiger partial charge in [-0.1, -0.05) is 48.6 Å². The molecule has 0 aliphatic carbocycles.